The van der Waals surface area contributed by atoms with Gasteiger partial charge >= 0.3 is 0 Å². The summed E-state index contributed by atoms with van der Waals surface area (Å²) in [5, 5.41) is 9.98. The second kappa shape index (κ2) is 14.6. The standard InChI is InChI=1S/C19H34N4OS.HI/c1-16-23-17(15-25-16)11-13-22-19(20-2)21-12-7-8-14-24-18-9-5-3-4-6-10-18;/h15,18H,3-14H2,1-2H3,(H2,20,21,22);1H. The first-order valence-electron chi connectivity index (χ1n) is 9.75. The summed E-state index contributed by atoms with van der Waals surface area (Å²) >= 11 is 1.71. The van der Waals surface area contributed by atoms with E-state index < -0.39 is 0 Å². The molecule has 5 nitrogen and oxygen atoms in total. The van der Waals surface area contributed by atoms with Gasteiger partial charge in [-0.1, -0.05) is 25.7 Å². The quantitative estimate of drug-likeness (QED) is 0.177. The molecule has 1 aliphatic carbocycles. The van der Waals surface area contributed by atoms with Crippen molar-refractivity contribution < 1.29 is 4.74 Å². The van der Waals surface area contributed by atoms with Crippen LogP contribution in [0.3, 0.4) is 0 Å². The van der Waals surface area contributed by atoms with Gasteiger partial charge in [-0.15, -0.1) is 35.3 Å². The maximum Gasteiger partial charge on any atom is 0.190 e. The van der Waals surface area contributed by atoms with Crippen molar-refractivity contribution in [2.45, 2.75) is 70.8 Å². The molecular formula is C19H35IN4OS. The summed E-state index contributed by atoms with van der Waals surface area (Å²) in [7, 11) is 1.82. The molecule has 0 saturated heterocycles. The van der Waals surface area contributed by atoms with Crippen molar-refractivity contribution in [1.82, 2.24) is 15.6 Å². The van der Waals surface area contributed by atoms with E-state index in [1.165, 1.54) is 38.5 Å². The third-order valence-corrected chi connectivity index (χ3v) is 5.41. The molecule has 1 aliphatic rings. The summed E-state index contributed by atoms with van der Waals surface area (Å²) in [6.45, 7) is 4.72. The SMILES string of the molecule is CN=C(NCCCCOC1CCCCCC1)NCCc1csc(C)n1.I. The van der Waals surface area contributed by atoms with E-state index in [0.29, 0.717) is 6.10 Å². The number of hydrogen-bond acceptors (Lipinski definition) is 4. The number of nitrogens with zero attached hydrogens (tertiary/aromatic N) is 2. The fourth-order valence-corrected chi connectivity index (χ4v) is 3.79. The molecule has 1 aromatic rings. The smallest absolute Gasteiger partial charge is 0.190 e. The highest BCUT2D eigenvalue weighted by atomic mass is 127. The lowest BCUT2D eigenvalue weighted by Gasteiger charge is -2.15. The molecule has 0 amide bonds. The molecule has 150 valence electrons. The zero-order valence-electron chi connectivity index (χ0n) is 16.3. The van der Waals surface area contributed by atoms with Gasteiger partial charge in [0, 0.05) is 38.5 Å². The molecular weight excluding hydrogens is 459 g/mol. The van der Waals surface area contributed by atoms with Crippen LogP contribution in [0, 0.1) is 6.92 Å². The first-order chi connectivity index (χ1) is 12.3. The number of ether oxygens (including phenoxy) is 1. The third kappa shape index (κ3) is 10.1. The zero-order chi connectivity index (χ0) is 17.7. The second-order valence-electron chi connectivity index (χ2n) is 6.73. The number of hydrogen-bond donors (Lipinski definition) is 2. The van der Waals surface area contributed by atoms with Crippen LogP contribution < -0.4 is 10.6 Å². The van der Waals surface area contributed by atoms with Gasteiger partial charge in [0.2, 0.25) is 0 Å². The van der Waals surface area contributed by atoms with Crippen LogP contribution >= 0.6 is 35.3 Å². The number of aryl methyl sites for hydroxylation is 1. The molecule has 0 spiro atoms. The number of guanidine groups is 1. The summed E-state index contributed by atoms with van der Waals surface area (Å²) in [5.74, 6) is 0.872. The normalized spacial score (nSPS) is 16.0. The first-order valence-corrected chi connectivity index (χ1v) is 10.6. The lowest BCUT2D eigenvalue weighted by molar-refractivity contribution is 0.0411. The molecule has 2 rings (SSSR count). The van der Waals surface area contributed by atoms with E-state index in [4.69, 9.17) is 4.74 Å². The highest BCUT2D eigenvalue weighted by Crippen LogP contribution is 2.19. The van der Waals surface area contributed by atoms with Crippen LogP contribution in [0.1, 0.15) is 62.1 Å². The molecule has 1 fully saturated rings. The molecule has 0 bridgehead atoms. The van der Waals surface area contributed by atoms with E-state index in [1.54, 1.807) is 11.3 Å². The van der Waals surface area contributed by atoms with Crippen molar-refractivity contribution in [2.24, 2.45) is 4.99 Å². The Balaban J connectivity index is 0.00000338. The van der Waals surface area contributed by atoms with Gasteiger partial charge in [0.05, 0.1) is 16.8 Å². The highest BCUT2D eigenvalue weighted by molar-refractivity contribution is 14.0. The van der Waals surface area contributed by atoms with Crippen LogP contribution in [-0.4, -0.2) is 43.8 Å². The Morgan fingerprint density at radius 3 is 2.58 bits per heavy atom. The Morgan fingerprint density at radius 1 is 1.19 bits per heavy atom. The average Bonchev–Trinajstić information content (AvgIpc) is 2.86. The second-order valence-corrected chi connectivity index (χ2v) is 7.79. The van der Waals surface area contributed by atoms with Gasteiger partial charge in [0.25, 0.3) is 0 Å². The monoisotopic (exact) mass is 494 g/mol. The Hall–Kier alpha value is -0.410. The van der Waals surface area contributed by atoms with Gasteiger partial charge in [-0.25, -0.2) is 4.98 Å². The van der Waals surface area contributed by atoms with Crippen LogP contribution in [0.2, 0.25) is 0 Å². The fourth-order valence-electron chi connectivity index (χ4n) is 3.15. The van der Waals surface area contributed by atoms with Gasteiger partial charge in [0.1, 0.15) is 0 Å². The molecule has 0 unspecified atom stereocenters. The minimum Gasteiger partial charge on any atom is -0.378 e. The number of thiazole rings is 1. The number of rotatable bonds is 9. The molecule has 1 saturated carbocycles. The van der Waals surface area contributed by atoms with Crippen LogP contribution in [-0.2, 0) is 11.2 Å². The molecule has 0 atom stereocenters. The van der Waals surface area contributed by atoms with E-state index in [2.05, 4.69) is 26.0 Å². The molecule has 1 aromatic heterocycles. The Bertz CT molecular complexity index is 501. The van der Waals surface area contributed by atoms with Crippen LogP contribution in [0.25, 0.3) is 0 Å². The average molecular weight is 494 g/mol. The molecule has 0 aliphatic heterocycles. The fraction of sp³-hybridized carbons (Fsp3) is 0.789. The number of aromatic nitrogens is 1. The molecule has 26 heavy (non-hydrogen) atoms. The van der Waals surface area contributed by atoms with E-state index in [-0.39, 0.29) is 24.0 Å². The number of halogens is 1. The summed E-state index contributed by atoms with van der Waals surface area (Å²) in [4.78, 5) is 8.75. The molecule has 1 heterocycles. The van der Waals surface area contributed by atoms with Gasteiger partial charge in [-0.2, -0.15) is 0 Å². The lowest BCUT2D eigenvalue weighted by atomic mass is 10.1. The van der Waals surface area contributed by atoms with Crippen molar-refractivity contribution in [2.75, 3.05) is 26.7 Å². The topological polar surface area (TPSA) is 58.5 Å². The molecule has 0 aromatic carbocycles. The summed E-state index contributed by atoms with van der Waals surface area (Å²) < 4.78 is 6.03. The Kier molecular flexibility index (Phi) is 13.3. The van der Waals surface area contributed by atoms with Crippen molar-refractivity contribution in [1.29, 1.82) is 0 Å². The van der Waals surface area contributed by atoms with Gasteiger partial charge < -0.3 is 15.4 Å². The Labute approximate surface area is 179 Å². The molecule has 0 radical (unpaired) electrons. The van der Waals surface area contributed by atoms with Gasteiger partial charge in [-0.05, 0) is 32.6 Å². The number of nitrogens with one attached hydrogen (secondary N) is 2. The molecule has 2 N–H and O–H groups in total. The van der Waals surface area contributed by atoms with Crippen molar-refractivity contribution in [3.8, 4) is 0 Å². The minimum atomic E-state index is 0. The van der Waals surface area contributed by atoms with Crippen molar-refractivity contribution in [3.05, 3.63) is 16.1 Å². The molecule has 7 heteroatoms. The van der Waals surface area contributed by atoms with Crippen LogP contribution in [0.5, 0.6) is 0 Å². The van der Waals surface area contributed by atoms with Crippen molar-refractivity contribution >= 4 is 41.3 Å². The summed E-state index contributed by atoms with van der Waals surface area (Å²) in [6, 6.07) is 0. The maximum atomic E-state index is 6.03. The highest BCUT2D eigenvalue weighted by Gasteiger charge is 2.11. The number of unbranched alkanes of at least 4 members (excludes halogenated alkanes) is 1. The van der Waals surface area contributed by atoms with E-state index in [0.717, 1.165) is 55.6 Å². The Morgan fingerprint density at radius 2 is 1.92 bits per heavy atom. The van der Waals surface area contributed by atoms with Crippen LogP contribution in [0.15, 0.2) is 10.4 Å². The van der Waals surface area contributed by atoms with E-state index in [9.17, 15) is 0 Å². The van der Waals surface area contributed by atoms with Crippen LogP contribution in [0.4, 0.5) is 0 Å². The zero-order valence-corrected chi connectivity index (χ0v) is 19.4. The van der Waals surface area contributed by atoms with E-state index in [1.807, 2.05) is 14.0 Å². The number of aliphatic imine (C=N–C) groups is 1. The van der Waals surface area contributed by atoms with Gasteiger partial charge in [-0.3, -0.25) is 4.99 Å². The largest absolute Gasteiger partial charge is 0.378 e. The minimum absolute atomic E-state index is 0. The maximum absolute atomic E-state index is 6.03. The summed E-state index contributed by atoms with van der Waals surface area (Å²) in [6.07, 6.45) is 11.6. The first kappa shape index (κ1) is 23.6. The predicted molar refractivity (Wildman–Crippen MR) is 122 cm³/mol. The third-order valence-electron chi connectivity index (χ3n) is 4.58. The van der Waals surface area contributed by atoms with Gasteiger partial charge in [0.15, 0.2) is 5.96 Å². The lowest BCUT2D eigenvalue weighted by Crippen LogP contribution is -2.38. The van der Waals surface area contributed by atoms with E-state index >= 15 is 0 Å². The predicted octanol–water partition coefficient (Wildman–Crippen LogP) is 4.30. The summed E-state index contributed by atoms with van der Waals surface area (Å²) in [5.41, 5.74) is 1.15. The van der Waals surface area contributed by atoms with Crippen molar-refractivity contribution in [3.63, 3.8) is 0 Å².